The van der Waals surface area contributed by atoms with E-state index in [1.54, 1.807) is 20.8 Å². The van der Waals surface area contributed by atoms with Gasteiger partial charge in [-0.3, -0.25) is 4.79 Å². The van der Waals surface area contributed by atoms with Gasteiger partial charge in [-0.05, 0) is 26.3 Å². The standard InChI is InChI=1S/C18H22O5/c1-5-21-18(20)16-12(3)23-17(14-9-7-6-8-10-14)15(16)11(2)22-13(4)19/h6-11,15,17H,5H2,1-4H3. The topological polar surface area (TPSA) is 61.8 Å². The molecule has 3 unspecified atom stereocenters. The van der Waals surface area contributed by atoms with Crippen LogP contribution in [0.5, 0.6) is 0 Å². The quantitative estimate of drug-likeness (QED) is 0.780. The first-order valence-electron chi connectivity index (χ1n) is 7.72. The van der Waals surface area contributed by atoms with Crippen LogP contribution in [0.1, 0.15) is 39.4 Å². The predicted octanol–water partition coefficient (Wildman–Crippen LogP) is 3.16. The van der Waals surface area contributed by atoms with E-state index in [0.717, 1.165) is 5.56 Å². The minimum absolute atomic E-state index is 0.278. The number of carbonyl (C=O) groups excluding carboxylic acids is 2. The Morgan fingerprint density at radius 2 is 1.91 bits per heavy atom. The molecule has 0 spiro atoms. The van der Waals surface area contributed by atoms with E-state index < -0.39 is 24.0 Å². The van der Waals surface area contributed by atoms with Crippen LogP contribution in [0.15, 0.2) is 41.7 Å². The molecule has 0 radical (unpaired) electrons. The maximum absolute atomic E-state index is 12.3. The molecular formula is C18H22O5. The molecule has 5 nitrogen and oxygen atoms in total. The highest BCUT2D eigenvalue weighted by Gasteiger charge is 2.44. The Hall–Kier alpha value is -2.30. The lowest BCUT2D eigenvalue weighted by atomic mass is 9.86. The van der Waals surface area contributed by atoms with Crippen LogP contribution in [0, 0.1) is 5.92 Å². The van der Waals surface area contributed by atoms with E-state index in [1.165, 1.54) is 6.92 Å². The number of esters is 2. The van der Waals surface area contributed by atoms with Crippen molar-refractivity contribution in [1.82, 2.24) is 0 Å². The van der Waals surface area contributed by atoms with Gasteiger partial charge in [0.15, 0.2) is 0 Å². The van der Waals surface area contributed by atoms with Crippen LogP contribution in [-0.4, -0.2) is 24.6 Å². The van der Waals surface area contributed by atoms with Gasteiger partial charge in [-0.2, -0.15) is 0 Å². The number of ether oxygens (including phenoxy) is 3. The Kier molecular flexibility index (Phi) is 5.42. The molecule has 1 aliphatic heterocycles. The first-order chi connectivity index (χ1) is 11.0. The van der Waals surface area contributed by atoms with Crippen molar-refractivity contribution in [3.05, 3.63) is 47.2 Å². The lowest BCUT2D eigenvalue weighted by molar-refractivity contribution is -0.150. The van der Waals surface area contributed by atoms with Crippen molar-refractivity contribution in [2.24, 2.45) is 5.92 Å². The summed E-state index contributed by atoms with van der Waals surface area (Å²) in [7, 11) is 0. The van der Waals surface area contributed by atoms with Gasteiger partial charge in [0.2, 0.25) is 0 Å². The van der Waals surface area contributed by atoms with Gasteiger partial charge in [0, 0.05) is 6.92 Å². The number of rotatable bonds is 5. The van der Waals surface area contributed by atoms with Crippen molar-refractivity contribution < 1.29 is 23.8 Å². The van der Waals surface area contributed by atoms with Crippen LogP contribution in [0.3, 0.4) is 0 Å². The van der Waals surface area contributed by atoms with Crippen molar-refractivity contribution in [2.45, 2.75) is 39.9 Å². The predicted molar refractivity (Wildman–Crippen MR) is 84.3 cm³/mol. The maximum Gasteiger partial charge on any atom is 0.337 e. The molecule has 0 bridgehead atoms. The van der Waals surface area contributed by atoms with E-state index in [4.69, 9.17) is 14.2 Å². The summed E-state index contributed by atoms with van der Waals surface area (Å²) < 4.78 is 16.4. The number of carbonyl (C=O) groups is 2. The molecule has 0 saturated heterocycles. The van der Waals surface area contributed by atoms with Gasteiger partial charge in [0.05, 0.1) is 18.1 Å². The summed E-state index contributed by atoms with van der Waals surface area (Å²) in [6.45, 7) is 6.89. The molecule has 0 aliphatic carbocycles. The molecule has 124 valence electrons. The average Bonchev–Trinajstić information content (AvgIpc) is 2.85. The molecule has 0 fully saturated rings. The van der Waals surface area contributed by atoms with Gasteiger partial charge < -0.3 is 14.2 Å². The van der Waals surface area contributed by atoms with E-state index >= 15 is 0 Å². The Bertz CT molecular complexity index is 605. The molecule has 2 rings (SSSR count). The van der Waals surface area contributed by atoms with E-state index in [2.05, 4.69) is 0 Å². The second kappa shape index (κ2) is 7.31. The first kappa shape index (κ1) is 17.1. The Morgan fingerprint density at radius 1 is 1.26 bits per heavy atom. The summed E-state index contributed by atoms with van der Waals surface area (Å²) in [5.74, 6) is -0.703. The third-order valence-electron chi connectivity index (χ3n) is 3.82. The van der Waals surface area contributed by atoms with E-state index in [-0.39, 0.29) is 12.7 Å². The fourth-order valence-corrected chi connectivity index (χ4v) is 2.94. The second-order valence-corrected chi connectivity index (χ2v) is 5.48. The molecule has 0 saturated carbocycles. The molecule has 0 N–H and O–H groups in total. The highest BCUT2D eigenvalue weighted by Crippen LogP contribution is 2.44. The van der Waals surface area contributed by atoms with Crippen molar-refractivity contribution in [3.8, 4) is 0 Å². The zero-order valence-corrected chi connectivity index (χ0v) is 13.9. The zero-order valence-electron chi connectivity index (χ0n) is 13.9. The fourth-order valence-electron chi connectivity index (χ4n) is 2.94. The molecular weight excluding hydrogens is 296 g/mol. The van der Waals surface area contributed by atoms with Crippen LogP contribution in [0.4, 0.5) is 0 Å². The third-order valence-corrected chi connectivity index (χ3v) is 3.82. The zero-order chi connectivity index (χ0) is 17.0. The van der Waals surface area contributed by atoms with Gasteiger partial charge in [0.25, 0.3) is 0 Å². The summed E-state index contributed by atoms with van der Waals surface area (Å²) >= 11 is 0. The summed E-state index contributed by atoms with van der Waals surface area (Å²) in [4.78, 5) is 23.7. The van der Waals surface area contributed by atoms with Crippen LogP contribution in [0.25, 0.3) is 0 Å². The summed E-state index contributed by atoms with van der Waals surface area (Å²) in [5, 5.41) is 0. The summed E-state index contributed by atoms with van der Waals surface area (Å²) in [6.07, 6.45) is -0.889. The number of benzene rings is 1. The largest absolute Gasteiger partial charge is 0.489 e. The number of allylic oxidation sites excluding steroid dienone is 1. The number of hydrogen-bond acceptors (Lipinski definition) is 5. The monoisotopic (exact) mass is 318 g/mol. The Labute approximate surface area is 136 Å². The lowest BCUT2D eigenvalue weighted by Crippen LogP contribution is -2.30. The molecule has 3 atom stereocenters. The van der Waals surface area contributed by atoms with E-state index in [9.17, 15) is 9.59 Å². The van der Waals surface area contributed by atoms with Crippen molar-refractivity contribution in [2.75, 3.05) is 6.61 Å². The maximum atomic E-state index is 12.3. The Balaban J connectivity index is 2.38. The average molecular weight is 318 g/mol. The lowest BCUT2D eigenvalue weighted by Gasteiger charge is -2.26. The first-order valence-corrected chi connectivity index (χ1v) is 7.72. The SMILES string of the molecule is CCOC(=O)C1=C(C)OC(c2ccccc2)C1C(C)OC(C)=O. The molecule has 1 aromatic carbocycles. The van der Waals surface area contributed by atoms with Crippen LogP contribution >= 0.6 is 0 Å². The smallest absolute Gasteiger partial charge is 0.337 e. The molecule has 0 amide bonds. The second-order valence-electron chi connectivity index (χ2n) is 5.48. The van der Waals surface area contributed by atoms with Crippen LogP contribution < -0.4 is 0 Å². The highest BCUT2D eigenvalue weighted by molar-refractivity contribution is 5.90. The van der Waals surface area contributed by atoms with E-state index in [1.807, 2.05) is 30.3 Å². The van der Waals surface area contributed by atoms with E-state index in [0.29, 0.717) is 11.3 Å². The minimum Gasteiger partial charge on any atom is -0.489 e. The molecule has 1 aliphatic rings. The van der Waals surface area contributed by atoms with Gasteiger partial charge in [-0.25, -0.2) is 4.79 Å². The molecule has 1 heterocycles. The molecule has 1 aromatic rings. The minimum atomic E-state index is -0.505. The highest BCUT2D eigenvalue weighted by atomic mass is 16.6. The van der Waals surface area contributed by atoms with Gasteiger partial charge in [-0.15, -0.1) is 0 Å². The van der Waals surface area contributed by atoms with Gasteiger partial charge in [-0.1, -0.05) is 30.3 Å². The van der Waals surface area contributed by atoms with Crippen molar-refractivity contribution >= 4 is 11.9 Å². The van der Waals surface area contributed by atoms with Crippen LogP contribution in [0.2, 0.25) is 0 Å². The van der Waals surface area contributed by atoms with Crippen LogP contribution in [-0.2, 0) is 23.8 Å². The summed E-state index contributed by atoms with van der Waals surface area (Å²) in [5.41, 5.74) is 1.37. The fraction of sp³-hybridized carbons (Fsp3) is 0.444. The molecule has 0 aromatic heterocycles. The Morgan fingerprint density at radius 3 is 2.48 bits per heavy atom. The van der Waals surface area contributed by atoms with Crippen molar-refractivity contribution in [3.63, 3.8) is 0 Å². The number of hydrogen-bond donors (Lipinski definition) is 0. The molecule has 5 heteroatoms. The van der Waals surface area contributed by atoms with Crippen molar-refractivity contribution in [1.29, 1.82) is 0 Å². The third kappa shape index (κ3) is 3.73. The van der Waals surface area contributed by atoms with Gasteiger partial charge >= 0.3 is 11.9 Å². The molecule has 23 heavy (non-hydrogen) atoms. The van der Waals surface area contributed by atoms with Gasteiger partial charge in [0.1, 0.15) is 18.0 Å². The summed E-state index contributed by atoms with van der Waals surface area (Å²) in [6, 6.07) is 9.59. The normalized spacial score (nSPS) is 21.6.